The number of alkyl halides is 3. The van der Waals surface area contributed by atoms with E-state index >= 15 is 0 Å². The van der Waals surface area contributed by atoms with Crippen molar-refractivity contribution in [2.45, 2.75) is 57.2 Å². The minimum Gasteiger partial charge on any atom is -0.342 e. The molecule has 0 radical (unpaired) electrons. The maximum Gasteiger partial charge on any atom is 0.418 e. The summed E-state index contributed by atoms with van der Waals surface area (Å²) in [5.74, 6) is -1.66. The van der Waals surface area contributed by atoms with Gasteiger partial charge in [-0.2, -0.15) is 13.2 Å². The Morgan fingerprint density at radius 3 is 2.40 bits per heavy atom. The third kappa shape index (κ3) is 5.50. The first-order chi connectivity index (χ1) is 14.1. The summed E-state index contributed by atoms with van der Waals surface area (Å²) in [4.78, 5) is 26.8. The van der Waals surface area contributed by atoms with E-state index in [1.165, 1.54) is 0 Å². The van der Waals surface area contributed by atoms with E-state index in [2.05, 4.69) is 5.32 Å². The van der Waals surface area contributed by atoms with Crippen LogP contribution < -0.4 is 11.1 Å². The maximum absolute atomic E-state index is 13.2. The largest absolute Gasteiger partial charge is 0.418 e. The Labute approximate surface area is 173 Å². The maximum atomic E-state index is 13.2. The van der Waals surface area contributed by atoms with Gasteiger partial charge in [-0.25, -0.2) is 4.39 Å². The van der Waals surface area contributed by atoms with Crippen LogP contribution >= 0.6 is 0 Å². The lowest BCUT2D eigenvalue weighted by Crippen LogP contribution is -2.48. The molecule has 2 fully saturated rings. The molecule has 3 rings (SSSR count). The quantitative estimate of drug-likeness (QED) is 0.713. The van der Waals surface area contributed by atoms with Crippen molar-refractivity contribution in [3.05, 3.63) is 29.6 Å². The monoisotopic (exact) mass is 429 g/mol. The second kappa shape index (κ2) is 9.32. The molecule has 1 saturated heterocycles. The minimum absolute atomic E-state index is 0.0242. The average Bonchev–Trinajstić information content (AvgIpc) is 2.69. The highest BCUT2D eigenvalue weighted by Gasteiger charge is 2.35. The summed E-state index contributed by atoms with van der Waals surface area (Å²) in [5.41, 5.74) is 4.44. The number of nitrogens with zero attached hydrogens (tertiary/aromatic N) is 1. The Bertz CT molecular complexity index is 776. The number of carbonyl (C=O) groups excluding carboxylic acids is 2. The number of hydrogen-bond acceptors (Lipinski definition) is 3. The number of benzene rings is 1. The zero-order chi connectivity index (χ0) is 21.9. The number of nitrogens with one attached hydrogen (secondary N) is 1. The fourth-order valence-electron chi connectivity index (χ4n) is 4.38. The van der Waals surface area contributed by atoms with Crippen molar-refractivity contribution in [1.82, 2.24) is 4.90 Å². The van der Waals surface area contributed by atoms with Gasteiger partial charge in [0.1, 0.15) is 5.82 Å². The first-order valence-electron chi connectivity index (χ1n) is 10.4. The molecule has 1 aliphatic heterocycles. The lowest BCUT2D eigenvalue weighted by atomic mass is 9.83. The number of amides is 2. The number of anilines is 1. The Hall–Kier alpha value is -2.16. The highest BCUT2D eigenvalue weighted by molar-refractivity contribution is 5.91. The summed E-state index contributed by atoms with van der Waals surface area (Å²) in [6, 6.07) is 2.07. The Balaban J connectivity index is 1.52. The van der Waals surface area contributed by atoms with Gasteiger partial charge in [0.2, 0.25) is 11.8 Å². The summed E-state index contributed by atoms with van der Waals surface area (Å²) in [6.45, 7) is 1.04. The van der Waals surface area contributed by atoms with Gasteiger partial charge in [0.25, 0.3) is 0 Å². The molecule has 1 aliphatic carbocycles. The second-order valence-electron chi connectivity index (χ2n) is 8.26. The molecule has 1 aromatic rings. The number of halogens is 4. The molecule has 1 heterocycles. The van der Waals surface area contributed by atoms with Crippen molar-refractivity contribution in [2.75, 3.05) is 18.4 Å². The summed E-state index contributed by atoms with van der Waals surface area (Å²) < 4.78 is 52.4. The van der Waals surface area contributed by atoms with Gasteiger partial charge >= 0.3 is 6.18 Å². The number of rotatable bonds is 4. The molecule has 0 aromatic heterocycles. The fourth-order valence-corrected chi connectivity index (χ4v) is 4.38. The van der Waals surface area contributed by atoms with Crippen molar-refractivity contribution in [2.24, 2.45) is 17.6 Å². The SMILES string of the molecule is N[C@@H]1CCCC[C@H]1C(=O)N1CCC(CC(=O)Nc2ccc(F)cc2C(F)(F)F)CC1. The van der Waals surface area contributed by atoms with Gasteiger partial charge in [0.05, 0.1) is 17.2 Å². The number of carbonyl (C=O) groups is 2. The molecular formula is C21H27F4N3O2. The van der Waals surface area contributed by atoms with E-state index in [-0.39, 0.29) is 30.2 Å². The molecule has 2 atom stereocenters. The molecule has 5 nitrogen and oxygen atoms in total. The number of hydrogen-bond donors (Lipinski definition) is 2. The molecule has 3 N–H and O–H groups in total. The van der Waals surface area contributed by atoms with Gasteiger partial charge in [-0.3, -0.25) is 9.59 Å². The van der Waals surface area contributed by atoms with Crippen LogP contribution in [0.2, 0.25) is 0 Å². The topological polar surface area (TPSA) is 75.4 Å². The van der Waals surface area contributed by atoms with Crippen molar-refractivity contribution < 1.29 is 27.2 Å². The summed E-state index contributed by atoms with van der Waals surface area (Å²) in [6.07, 6.45) is 0.220. The van der Waals surface area contributed by atoms with Crippen LogP contribution in [0.5, 0.6) is 0 Å². The molecule has 0 unspecified atom stereocenters. The van der Waals surface area contributed by atoms with Crippen LogP contribution in [0.15, 0.2) is 18.2 Å². The van der Waals surface area contributed by atoms with E-state index in [0.717, 1.165) is 37.8 Å². The molecule has 30 heavy (non-hydrogen) atoms. The zero-order valence-electron chi connectivity index (χ0n) is 16.7. The van der Waals surface area contributed by atoms with E-state index in [1.807, 2.05) is 0 Å². The molecule has 1 aromatic carbocycles. The van der Waals surface area contributed by atoms with Crippen LogP contribution in [0.4, 0.5) is 23.2 Å². The summed E-state index contributed by atoms with van der Waals surface area (Å²) >= 11 is 0. The van der Waals surface area contributed by atoms with Gasteiger partial charge < -0.3 is 16.0 Å². The lowest BCUT2D eigenvalue weighted by molar-refractivity contribution is -0.138. The van der Waals surface area contributed by atoms with Gasteiger partial charge in [-0.05, 0) is 49.8 Å². The van der Waals surface area contributed by atoms with E-state index < -0.39 is 29.2 Å². The van der Waals surface area contributed by atoms with E-state index in [1.54, 1.807) is 4.90 Å². The molecular weight excluding hydrogens is 402 g/mol. The van der Waals surface area contributed by atoms with Gasteiger partial charge in [0, 0.05) is 25.6 Å². The van der Waals surface area contributed by atoms with Crippen LogP contribution in [0.1, 0.15) is 50.5 Å². The molecule has 2 amide bonds. The van der Waals surface area contributed by atoms with Gasteiger partial charge in [-0.1, -0.05) is 12.8 Å². The lowest BCUT2D eigenvalue weighted by Gasteiger charge is -2.37. The predicted molar refractivity (Wildman–Crippen MR) is 104 cm³/mol. The van der Waals surface area contributed by atoms with Crippen LogP contribution in [0.25, 0.3) is 0 Å². The van der Waals surface area contributed by atoms with E-state index in [0.29, 0.717) is 32.0 Å². The van der Waals surface area contributed by atoms with E-state index in [4.69, 9.17) is 5.73 Å². The Morgan fingerprint density at radius 1 is 1.10 bits per heavy atom. The minimum atomic E-state index is -4.77. The van der Waals surface area contributed by atoms with E-state index in [9.17, 15) is 27.2 Å². The van der Waals surface area contributed by atoms with Crippen molar-refractivity contribution in [3.8, 4) is 0 Å². The smallest absolute Gasteiger partial charge is 0.342 e. The van der Waals surface area contributed by atoms with Crippen LogP contribution in [0, 0.1) is 17.7 Å². The third-order valence-corrected chi connectivity index (χ3v) is 6.10. The third-order valence-electron chi connectivity index (χ3n) is 6.10. The normalized spacial score (nSPS) is 23.3. The second-order valence-corrected chi connectivity index (χ2v) is 8.26. The number of nitrogens with two attached hydrogens (primary N) is 1. The molecule has 1 saturated carbocycles. The average molecular weight is 429 g/mol. The van der Waals surface area contributed by atoms with Crippen LogP contribution in [-0.2, 0) is 15.8 Å². The fraction of sp³-hybridized carbons (Fsp3) is 0.619. The van der Waals surface area contributed by atoms with Crippen molar-refractivity contribution in [3.63, 3.8) is 0 Å². The Morgan fingerprint density at radius 2 is 1.77 bits per heavy atom. The molecule has 0 spiro atoms. The standard InChI is InChI=1S/C21H27F4N3O2/c22-14-5-6-18(16(12-14)21(23,24)25)27-19(29)11-13-7-9-28(10-8-13)20(30)15-3-1-2-4-17(15)26/h5-6,12-13,15,17H,1-4,7-11,26H2,(H,27,29)/t15-,17-/m1/s1. The van der Waals surface area contributed by atoms with Crippen LogP contribution in [-0.4, -0.2) is 35.8 Å². The zero-order valence-corrected chi connectivity index (χ0v) is 16.7. The number of likely N-dealkylation sites (tertiary alicyclic amines) is 1. The molecule has 9 heteroatoms. The van der Waals surface area contributed by atoms with Crippen molar-refractivity contribution in [1.29, 1.82) is 0 Å². The molecule has 2 aliphatic rings. The first-order valence-corrected chi connectivity index (χ1v) is 10.4. The van der Waals surface area contributed by atoms with Gasteiger partial charge in [-0.15, -0.1) is 0 Å². The molecule has 0 bridgehead atoms. The number of piperidine rings is 1. The first kappa shape index (κ1) is 22.5. The Kier molecular flexibility index (Phi) is 7.00. The molecule has 166 valence electrons. The predicted octanol–water partition coefficient (Wildman–Crippen LogP) is 3.93. The highest BCUT2D eigenvalue weighted by Crippen LogP contribution is 2.35. The highest BCUT2D eigenvalue weighted by atomic mass is 19.4. The summed E-state index contributed by atoms with van der Waals surface area (Å²) in [5, 5.41) is 2.26. The summed E-state index contributed by atoms with van der Waals surface area (Å²) in [7, 11) is 0. The van der Waals surface area contributed by atoms with Crippen molar-refractivity contribution >= 4 is 17.5 Å². The van der Waals surface area contributed by atoms with Gasteiger partial charge in [0.15, 0.2) is 0 Å². The van der Waals surface area contributed by atoms with Crippen LogP contribution in [0.3, 0.4) is 0 Å².